The Kier molecular flexibility index (Phi) is 8.77. The van der Waals surface area contributed by atoms with Crippen molar-refractivity contribution in [2.45, 2.75) is 24.3 Å². The molecule has 0 radical (unpaired) electrons. The Hall–Kier alpha value is -1.80. The Labute approximate surface area is 181 Å². The summed E-state index contributed by atoms with van der Waals surface area (Å²) in [7, 11) is -3.95. The van der Waals surface area contributed by atoms with E-state index in [2.05, 4.69) is 4.72 Å². The lowest BCUT2D eigenvalue weighted by molar-refractivity contribution is -0.138. The van der Waals surface area contributed by atoms with Gasteiger partial charge < -0.3 is 10.0 Å². The molecule has 0 spiro atoms. The number of aryl methyl sites for hydroxylation is 1. The van der Waals surface area contributed by atoms with Gasteiger partial charge in [0.15, 0.2) is 0 Å². The summed E-state index contributed by atoms with van der Waals surface area (Å²) in [5.74, 6) is -0.322. The van der Waals surface area contributed by atoms with Crippen molar-refractivity contribution in [1.82, 2.24) is 4.72 Å². The predicted molar refractivity (Wildman–Crippen MR) is 117 cm³/mol. The molecular weight excluding hydrogens is 435 g/mol. The van der Waals surface area contributed by atoms with Crippen LogP contribution in [0.1, 0.15) is 11.1 Å². The van der Waals surface area contributed by atoms with E-state index in [1.54, 1.807) is 24.3 Å². The highest BCUT2D eigenvalue weighted by molar-refractivity contribution is 7.89. The minimum atomic E-state index is -3.95. The third-order valence-electron chi connectivity index (χ3n) is 4.38. The minimum absolute atomic E-state index is 0.0196. The molecule has 0 saturated heterocycles. The standard InChI is InChI=1S/C20H24Cl2N2O4S/c1-15-2-8-18(9-3-15)29(27,28)23-19(20(25)26)14-16-4-6-17(7-5-16)24(12-10-21)13-11-22/h2-9,19,23H,10-14H2,1H3,(H,25,26). The number of sulfonamides is 1. The van der Waals surface area contributed by atoms with Crippen molar-refractivity contribution in [1.29, 1.82) is 0 Å². The Morgan fingerprint density at radius 3 is 2.07 bits per heavy atom. The highest BCUT2D eigenvalue weighted by Gasteiger charge is 2.25. The monoisotopic (exact) mass is 458 g/mol. The average Bonchev–Trinajstić information content (AvgIpc) is 2.68. The van der Waals surface area contributed by atoms with E-state index in [4.69, 9.17) is 23.2 Å². The molecule has 0 aliphatic carbocycles. The van der Waals surface area contributed by atoms with Crippen molar-refractivity contribution in [3.8, 4) is 0 Å². The van der Waals surface area contributed by atoms with Crippen molar-refractivity contribution in [3.63, 3.8) is 0 Å². The number of hydrogen-bond donors (Lipinski definition) is 2. The van der Waals surface area contributed by atoms with Crippen LogP contribution in [-0.2, 0) is 21.2 Å². The van der Waals surface area contributed by atoms with Gasteiger partial charge in [-0.3, -0.25) is 4.79 Å². The first-order valence-corrected chi connectivity index (χ1v) is 11.6. The van der Waals surface area contributed by atoms with Gasteiger partial charge in [0.05, 0.1) is 4.90 Å². The van der Waals surface area contributed by atoms with Crippen LogP contribution in [0.5, 0.6) is 0 Å². The van der Waals surface area contributed by atoms with E-state index in [9.17, 15) is 18.3 Å². The topological polar surface area (TPSA) is 86.7 Å². The van der Waals surface area contributed by atoms with Crippen LogP contribution >= 0.6 is 23.2 Å². The molecule has 0 amide bonds. The van der Waals surface area contributed by atoms with Crippen LogP contribution in [0, 0.1) is 6.92 Å². The Bertz CT molecular complexity index is 897. The number of hydrogen-bond acceptors (Lipinski definition) is 4. The summed E-state index contributed by atoms with van der Waals surface area (Å²) in [5.41, 5.74) is 2.53. The van der Waals surface area contributed by atoms with Gasteiger partial charge in [0.1, 0.15) is 6.04 Å². The second-order valence-corrected chi connectivity index (χ2v) is 9.03. The summed E-state index contributed by atoms with van der Waals surface area (Å²) < 4.78 is 27.3. The lowest BCUT2D eigenvalue weighted by Gasteiger charge is -2.23. The van der Waals surface area contributed by atoms with Gasteiger partial charge in [-0.15, -0.1) is 23.2 Å². The zero-order valence-electron chi connectivity index (χ0n) is 16.0. The Morgan fingerprint density at radius 1 is 1.03 bits per heavy atom. The van der Waals surface area contributed by atoms with Gasteiger partial charge >= 0.3 is 5.97 Å². The van der Waals surface area contributed by atoms with Gasteiger partial charge in [-0.05, 0) is 43.2 Å². The maximum Gasteiger partial charge on any atom is 0.322 e. The van der Waals surface area contributed by atoms with Crippen LogP contribution in [0.4, 0.5) is 5.69 Å². The molecule has 6 nitrogen and oxygen atoms in total. The molecule has 0 fully saturated rings. The molecule has 0 aliphatic rings. The summed E-state index contributed by atoms with van der Waals surface area (Å²) in [6.07, 6.45) is 0.0196. The fourth-order valence-corrected chi connectivity index (χ4v) is 4.40. The molecule has 158 valence electrons. The number of alkyl halides is 2. The SMILES string of the molecule is Cc1ccc(S(=O)(=O)NC(Cc2ccc(N(CCCl)CCCl)cc2)C(=O)O)cc1. The number of anilines is 1. The fourth-order valence-electron chi connectivity index (χ4n) is 2.80. The first kappa shape index (κ1) is 23.5. The Morgan fingerprint density at radius 2 is 1.59 bits per heavy atom. The van der Waals surface area contributed by atoms with Crippen molar-refractivity contribution < 1.29 is 18.3 Å². The lowest BCUT2D eigenvalue weighted by Crippen LogP contribution is -2.42. The normalized spacial score (nSPS) is 12.5. The number of rotatable bonds is 11. The van der Waals surface area contributed by atoms with Crippen LogP contribution in [0.2, 0.25) is 0 Å². The zero-order valence-corrected chi connectivity index (χ0v) is 18.3. The maximum atomic E-state index is 12.5. The van der Waals surface area contributed by atoms with E-state index < -0.39 is 22.0 Å². The molecule has 2 aromatic carbocycles. The number of aliphatic carboxylic acids is 1. The maximum absolute atomic E-state index is 12.5. The highest BCUT2D eigenvalue weighted by atomic mass is 35.5. The predicted octanol–water partition coefficient (Wildman–Crippen LogP) is 3.25. The second-order valence-electron chi connectivity index (χ2n) is 6.56. The van der Waals surface area contributed by atoms with Gasteiger partial charge in [-0.2, -0.15) is 4.72 Å². The largest absolute Gasteiger partial charge is 0.480 e. The van der Waals surface area contributed by atoms with E-state index in [0.717, 1.165) is 11.3 Å². The number of carboxylic acid groups (broad SMARTS) is 1. The van der Waals surface area contributed by atoms with Crippen molar-refractivity contribution >= 4 is 44.9 Å². The molecule has 0 bridgehead atoms. The molecule has 9 heteroatoms. The summed E-state index contributed by atoms with van der Waals surface area (Å²) in [5, 5.41) is 9.51. The van der Waals surface area contributed by atoms with Gasteiger partial charge in [0.2, 0.25) is 10.0 Å². The molecule has 2 aromatic rings. The van der Waals surface area contributed by atoms with Crippen LogP contribution in [0.3, 0.4) is 0 Å². The number of benzene rings is 2. The van der Waals surface area contributed by atoms with Gasteiger partial charge in [-0.25, -0.2) is 8.42 Å². The molecular formula is C20H24Cl2N2O4S. The number of carboxylic acids is 1. The number of nitrogens with zero attached hydrogens (tertiary/aromatic N) is 1. The van der Waals surface area contributed by atoms with Crippen LogP contribution < -0.4 is 9.62 Å². The Balaban J connectivity index is 2.14. The summed E-state index contributed by atoms with van der Waals surface area (Å²) in [6, 6.07) is 12.2. The molecule has 29 heavy (non-hydrogen) atoms. The quantitative estimate of drug-likeness (QED) is 0.504. The van der Waals surface area contributed by atoms with Crippen LogP contribution in [0.25, 0.3) is 0 Å². The minimum Gasteiger partial charge on any atom is -0.480 e. The number of nitrogens with one attached hydrogen (secondary N) is 1. The first-order chi connectivity index (χ1) is 13.8. The zero-order chi connectivity index (χ0) is 21.4. The molecule has 0 heterocycles. The molecule has 0 saturated carbocycles. The van der Waals surface area contributed by atoms with Gasteiger partial charge in [0, 0.05) is 30.5 Å². The summed E-state index contributed by atoms with van der Waals surface area (Å²) >= 11 is 11.6. The highest BCUT2D eigenvalue weighted by Crippen LogP contribution is 2.18. The third kappa shape index (κ3) is 6.89. The van der Waals surface area contributed by atoms with Crippen molar-refractivity contribution in [2.24, 2.45) is 0 Å². The van der Waals surface area contributed by atoms with Crippen molar-refractivity contribution in [3.05, 3.63) is 59.7 Å². The van der Waals surface area contributed by atoms with Crippen molar-refractivity contribution in [2.75, 3.05) is 29.7 Å². The van der Waals surface area contributed by atoms with E-state index >= 15 is 0 Å². The summed E-state index contributed by atoms with van der Waals surface area (Å²) in [4.78, 5) is 13.7. The molecule has 2 rings (SSSR count). The molecule has 0 aromatic heterocycles. The smallest absolute Gasteiger partial charge is 0.322 e. The second kappa shape index (κ2) is 10.8. The average molecular weight is 459 g/mol. The van der Waals surface area contributed by atoms with E-state index in [1.807, 2.05) is 24.0 Å². The van der Waals surface area contributed by atoms with Gasteiger partial charge in [-0.1, -0.05) is 29.8 Å². The molecule has 0 aliphatic heterocycles. The van der Waals surface area contributed by atoms with E-state index in [1.165, 1.54) is 12.1 Å². The number of halogens is 2. The molecule has 1 unspecified atom stereocenters. The summed E-state index contributed by atoms with van der Waals surface area (Å²) in [6.45, 7) is 3.12. The molecule has 2 N–H and O–H groups in total. The molecule has 1 atom stereocenters. The van der Waals surface area contributed by atoms with E-state index in [-0.39, 0.29) is 11.3 Å². The van der Waals surface area contributed by atoms with E-state index in [0.29, 0.717) is 30.4 Å². The fraction of sp³-hybridized carbons (Fsp3) is 0.350. The van der Waals surface area contributed by atoms with Crippen LogP contribution in [0.15, 0.2) is 53.4 Å². The first-order valence-electron chi connectivity index (χ1n) is 9.04. The lowest BCUT2D eigenvalue weighted by atomic mass is 10.1. The third-order valence-corrected chi connectivity index (χ3v) is 6.20. The van der Waals surface area contributed by atoms with Crippen LogP contribution in [-0.4, -0.2) is 50.4 Å². The van der Waals surface area contributed by atoms with Gasteiger partial charge in [0.25, 0.3) is 0 Å². The number of carbonyl (C=O) groups is 1.